The van der Waals surface area contributed by atoms with Crippen molar-refractivity contribution in [1.29, 1.82) is 0 Å². The molecule has 1 aliphatic rings. The first kappa shape index (κ1) is 16.3. The van der Waals surface area contributed by atoms with Crippen LogP contribution in [0.15, 0.2) is 23.1 Å². The molecule has 6 heteroatoms. The molecule has 0 unspecified atom stereocenters. The van der Waals surface area contributed by atoms with E-state index in [4.69, 9.17) is 5.21 Å². The third-order valence-corrected chi connectivity index (χ3v) is 4.41. The van der Waals surface area contributed by atoms with Gasteiger partial charge in [-0.05, 0) is 42.9 Å². The van der Waals surface area contributed by atoms with Crippen LogP contribution in [0.25, 0.3) is 0 Å². The first-order valence-electron chi connectivity index (χ1n) is 7.17. The highest BCUT2D eigenvalue weighted by Crippen LogP contribution is 2.24. The first-order valence-corrected chi connectivity index (χ1v) is 8.39. The van der Waals surface area contributed by atoms with Crippen LogP contribution in [0.5, 0.6) is 0 Å². The van der Waals surface area contributed by atoms with Gasteiger partial charge < -0.3 is 10.5 Å². The second kappa shape index (κ2) is 7.79. The number of carbonyl (C=O) groups is 1. The van der Waals surface area contributed by atoms with Crippen molar-refractivity contribution in [3.63, 3.8) is 0 Å². The molecule has 0 bridgehead atoms. The summed E-state index contributed by atoms with van der Waals surface area (Å²) >= 11 is 1.78. The predicted octanol–water partition coefficient (Wildman–Crippen LogP) is 1.25. The van der Waals surface area contributed by atoms with Crippen LogP contribution < -0.4 is 10.8 Å². The Morgan fingerprint density at radius 1 is 1.48 bits per heavy atom. The van der Waals surface area contributed by atoms with Crippen molar-refractivity contribution in [2.75, 3.05) is 25.9 Å². The second-order valence-corrected chi connectivity index (χ2v) is 6.30. The predicted molar refractivity (Wildman–Crippen MR) is 84.6 cm³/mol. The number of benzene rings is 1. The monoisotopic (exact) mass is 309 g/mol. The van der Waals surface area contributed by atoms with Crippen molar-refractivity contribution in [3.8, 4) is 0 Å². The Balaban J connectivity index is 1.88. The van der Waals surface area contributed by atoms with Crippen LogP contribution in [0.2, 0.25) is 0 Å². The number of thioether (sulfide) groups is 1. The minimum atomic E-state index is -0.188. The van der Waals surface area contributed by atoms with E-state index in [0.29, 0.717) is 0 Å². The molecule has 0 fully saturated rings. The molecular weight excluding hydrogens is 286 g/mol. The molecule has 1 aromatic carbocycles. The van der Waals surface area contributed by atoms with Gasteiger partial charge in [-0.15, -0.1) is 11.8 Å². The molecule has 1 atom stereocenters. The lowest BCUT2D eigenvalue weighted by molar-refractivity contribution is -0.122. The molecule has 116 valence electrons. The summed E-state index contributed by atoms with van der Waals surface area (Å²) in [7, 11) is 0. The van der Waals surface area contributed by atoms with Crippen molar-refractivity contribution < 1.29 is 10.0 Å². The Kier molecular flexibility index (Phi) is 6.05. The van der Waals surface area contributed by atoms with E-state index in [1.807, 2.05) is 12.4 Å². The Labute approximate surface area is 130 Å². The topological polar surface area (TPSA) is 64.6 Å². The normalized spacial score (nSPS) is 16.3. The number of amides is 1. The van der Waals surface area contributed by atoms with Crippen LogP contribution in [0.3, 0.4) is 0 Å². The van der Waals surface area contributed by atoms with E-state index in [2.05, 4.69) is 34.7 Å². The fourth-order valence-corrected chi connectivity index (χ4v) is 3.17. The molecule has 5 nitrogen and oxygen atoms in total. The molecule has 2 rings (SSSR count). The van der Waals surface area contributed by atoms with Gasteiger partial charge in [-0.1, -0.05) is 6.07 Å². The van der Waals surface area contributed by atoms with Gasteiger partial charge in [0.1, 0.15) is 0 Å². The molecule has 0 spiro atoms. The van der Waals surface area contributed by atoms with Crippen molar-refractivity contribution in [2.45, 2.75) is 30.8 Å². The van der Waals surface area contributed by atoms with Gasteiger partial charge in [0.25, 0.3) is 0 Å². The van der Waals surface area contributed by atoms with Gasteiger partial charge in [0, 0.05) is 30.6 Å². The van der Waals surface area contributed by atoms with E-state index in [1.165, 1.54) is 16.0 Å². The highest BCUT2D eigenvalue weighted by molar-refractivity contribution is 7.98. The lowest BCUT2D eigenvalue weighted by Gasteiger charge is -2.31. The van der Waals surface area contributed by atoms with Gasteiger partial charge in [0.15, 0.2) is 0 Å². The molecule has 0 aliphatic carbocycles. The standard InChI is InChI=1S/C15H23N3O2S/c1-11(17-15(19)8-16-20)9-18-6-5-12-7-14(21-2)4-3-13(12)10-18/h3-4,7,11,16,20H,5-6,8-10H2,1-2H3,(H,17,19)/t11-/m0/s1. The zero-order valence-corrected chi connectivity index (χ0v) is 13.4. The minimum absolute atomic E-state index is 0.0648. The molecule has 1 heterocycles. The van der Waals surface area contributed by atoms with E-state index >= 15 is 0 Å². The third kappa shape index (κ3) is 4.71. The van der Waals surface area contributed by atoms with Crippen LogP contribution >= 0.6 is 11.8 Å². The maximum Gasteiger partial charge on any atom is 0.236 e. The van der Waals surface area contributed by atoms with E-state index in [0.717, 1.165) is 26.1 Å². The van der Waals surface area contributed by atoms with Gasteiger partial charge >= 0.3 is 0 Å². The van der Waals surface area contributed by atoms with E-state index in [-0.39, 0.29) is 18.5 Å². The number of hydrogen-bond donors (Lipinski definition) is 3. The number of fused-ring (bicyclic) bond motifs is 1. The molecular formula is C15H23N3O2S. The molecule has 1 aromatic rings. The number of carbonyl (C=O) groups excluding carboxylic acids is 1. The Hall–Kier alpha value is -1.08. The summed E-state index contributed by atoms with van der Waals surface area (Å²) in [6, 6.07) is 6.74. The highest BCUT2D eigenvalue weighted by atomic mass is 32.2. The molecule has 3 N–H and O–H groups in total. The smallest absolute Gasteiger partial charge is 0.236 e. The number of hydrogen-bond acceptors (Lipinski definition) is 5. The van der Waals surface area contributed by atoms with Gasteiger partial charge in [-0.25, -0.2) is 0 Å². The van der Waals surface area contributed by atoms with Gasteiger partial charge in [0.05, 0.1) is 6.54 Å². The molecule has 1 amide bonds. The number of nitrogens with zero attached hydrogens (tertiary/aromatic N) is 1. The van der Waals surface area contributed by atoms with Crippen LogP contribution in [0.1, 0.15) is 18.1 Å². The SMILES string of the molecule is CSc1ccc2c(c1)CCN(C[C@H](C)NC(=O)CNO)C2. The fourth-order valence-electron chi connectivity index (χ4n) is 2.70. The zero-order valence-electron chi connectivity index (χ0n) is 12.6. The Morgan fingerprint density at radius 3 is 3.00 bits per heavy atom. The van der Waals surface area contributed by atoms with E-state index in [1.54, 1.807) is 11.8 Å². The van der Waals surface area contributed by atoms with E-state index < -0.39 is 0 Å². The van der Waals surface area contributed by atoms with Crippen LogP contribution in [-0.2, 0) is 17.8 Å². The largest absolute Gasteiger partial charge is 0.351 e. The summed E-state index contributed by atoms with van der Waals surface area (Å²) < 4.78 is 0. The number of hydroxylamine groups is 1. The van der Waals surface area contributed by atoms with Crippen molar-refractivity contribution in [3.05, 3.63) is 29.3 Å². The first-order chi connectivity index (χ1) is 10.1. The number of nitrogens with one attached hydrogen (secondary N) is 2. The summed E-state index contributed by atoms with van der Waals surface area (Å²) in [5.74, 6) is -0.188. The summed E-state index contributed by atoms with van der Waals surface area (Å²) in [5, 5.41) is 11.4. The van der Waals surface area contributed by atoms with Crippen molar-refractivity contribution in [1.82, 2.24) is 15.7 Å². The average molecular weight is 309 g/mol. The summed E-state index contributed by atoms with van der Waals surface area (Å²) in [4.78, 5) is 15.1. The average Bonchev–Trinajstić information content (AvgIpc) is 2.46. The maximum atomic E-state index is 11.4. The maximum absolute atomic E-state index is 11.4. The van der Waals surface area contributed by atoms with Gasteiger partial charge in [-0.2, -0.15) is 5.48 Å². The fraction of sp³-hybridized carbons (Fsp3) is 0.533. The molecule has 0 saturated carbocycles. The summed E-state index contributed by atoms with van der Waals surface area (Å²) in [5.41, 5.74) is 4.70. The highest BCUT2D eigenvalue weighted by Gasteiger charge is 2.18. The Bertz CT molecular complexity index is 496. The van der Waals surface area contributed by atoms with E-state index in [9.17, 15) is 4.79 Å². The lowest BCUT2D eigenvalue weighted by Crippen LogP contribution is -2.45. The summed E-state index contributed by atoms with van der Waals surface area (Å²) in [6.45, 7) is 4.69. The minimum Gasteiger partial charge on any atom is -0.351 e. The van der Waals surface area contributed by atoms with Gasteiger partial charge in [-0.3, -0.25) is 9.69 Å². The van der Waals surface area contributed by atoms with Crippen molar-refractivity contribution >= 4 is 17.7 Å². The molecule has 0 saturated heterocycles. The Morgan fingerprint density at radius 2 is 2.29 bits per heavy atom. The second-order valence-electron chi connectivity index (χ2n) is 5.42. The molecule has 1 aliphatic heterocycles. The lowest BCUT2D eigenvalue weighted by atomic mass is 9.99. The molecule has 0 aromatic heterocycles. The zero-order chi connectivity index (χ0) is 15.2. The van der Waals surface area contributed by atoms with Crippen LogP contribution in [-0.4, -0.2) is 47.9 Å². The third-order valence-electron chi connectivity index (χ3n) is 3.68. The van der Waals surface area contributed by atoms with Crippen LogP contribution in [0, 0.1) is 0 Å². The molecule has 21 heavy (non-hydrogen) atoms. The number of rotatable bonds is 6. The van der Waals surface area contributed by atoms with Gasteiger partial charge in [0.2, 0.25) is 5.91 Å². The molecule has 0 radical (unpaired) electrons. The van der Waals surface area contributed by atoms with Crippen LogP contribution in [0.4, 0.5) is 0 Å². The van der Waals surface area contributed by atoms with Crippen molar-refractivity contribution in [2.24, 2.45) is 0 Å². The quantitative estimate of drug-likeness (QED) is 0.545. The summed E-state index contributed by atoms with van der Waals surface area (Å²) in [6.07, 6.45) is 3.16.